The summed E-state index contributed by atoms with van der Waals surface area (Å²) in [7, 11) is 1.59. The van der Waals surface area contributed by atoms with E-state index < -0.39 is 5.66 Å². The molecule has 108 valence electrons. The standard InChI is InChI=1S/C15H18F2NPS/c16-15(17,19)10-1-3-12(4-2-10)20-14-7-13(8-14,9-14)11-5-18-6-11/h1-4,11,18H,5-9,19H2. The molecule has 1 N–H and O–H groups in total. The molecule has 20 heavy (non-hydrogen) atoms. The molecular weight excluding hydrogens is 295 g/mol. The summed E-state index contributed by atoms with van der Waals surface area (Å²) in [6.07, 6.45) is 3.95. The van der Waals surface area contributed by atoms with Gasteiger partial charge in [-0.3, -0.25) is 0 Å². The summed E-state index contributed by atoms with van der Waals surface area (Å²) in [5.74, 6) is 0.892. The van der Waals surface area contributed by atoms with Crippen LogP contribution < -0.4 is 5.32 Å². The number of nitrogens with one attached hydrogen (secondary N) is 1. The molecule has 4 fully saturated rings. The molecule has 1 nitrogen and oxygen atoms in total. The van der Waals surface area contributed by atoms with Gasteiger partial charge in [-0.1, -0.05) is 21.4 Å². The molecule has 1 aromatic carbocycles. The van der Waals surface area contributed by atoms with Crippen molar-refractivity contribution in [3.05, 3.63) is 29.8 Å². The molecule has 2 bridgehead atoms. The van der Waals surface area contributed by atoms with Crippen molar-refractivity contribution in [2.75, 3.05) is 13.1 Å². The summed E-state index contributed by atoms with van der Waals surface area (Å²) in [5, 5.41) is 3.36. The topological polar surface area (TPSA) is 12.0 Å². The number of thioether (sulfide) groups is 1. The van der Waals surface area contributed by atoms with Crippen molar-refractivity contribution in [1.29, 1.82) is 0 Å². The van der Waals surface area contributed by atoms with Crippen LogP contribution >= 0.6 is 21.0 Å². The van der Waals surface area contributed by atoms with Gasteiger partial charge in [0.15, 0.2) is 0 Å². The molecular formula is C15H18F2NPS. The first kappa shape index (κ1) is 13.5. The predicted molar refractivity (Wildman–Crippen MR) is 81.3 cm³/mol. The number of alkyl halides is 2. The summed E-state index contributed by atoms with van der Waals surface area (Å²) in [6, 6.07) is 6.78. The zero-order valence-electron chi connectivity index (χ0n) is 11.2. The Bertz CT molecular complexity index is 516. The zero-order chi connectivity index (χ0) is 14.0. The van der Waals surface area contributed by atoms with Crippen LogP contribution in [0.15, 0.2) is 29.2 Å². The van der Waals surface area contributed by atoms with Crippen LogP contribution in [0.25, 0.3) is 0 Å². The molecule has 1 atom stereocenters. The highest BCUT2D eigenvalue weighted by atomic mass is 32.2. The fourth-order valence-corrected chi connectivity index (χ4v) is 6.07. The van der Waals surface area contributed by atoms with E-state index in [9.17, 15) is 8.78 Å². The van der Waals surface area contributed by atoms with Gasteiger partial charge >= 0.3 is 0 Å². The van der Waals surface area contributed by atoms with E-state index in [0.717, 1.165) is 10.8 Å². The predicted octanol–water partition coefficient (Wildman–Crippen LogP) is 3.85. The molecule has 1 heterocycles. The largest absolute Gasteiger partial charge is 0.316 e. The summed E-state index contributed by atoms with van der Waals surface area (Å²) in [5.41, 5.74) is -2.12. The normalized spacial score (nSPS) is 36.0. The summed E-state index contributed by atoms with van der Waals surface area (Å²) in [6.45, 7) is 2.39. The highest BCUT2D eigenvalue weighted by Gasteiger charge is 2.71. The van der Waals surface area contributed by atoms with E-state index in [2.05, 4.69) is 5.32 Å². The number of halogens is 2. The van der Waals surface area contributed by atoms with Gasteiger partial charge in [-0.25, -0.2) is 0 Å². The first-order valence-electron chi connectivity index (χ1n) is 7.08. The van der Waals surface area contributed by atoms with Gasteiger partial charge in [0.25, 0.3) is 5.66 Å². The van der Waals surface area contributed by atoms with Gasteiger partial charge in [0.2, 0.25) is 0 Å². The van der Waals surface area contributed by atoms with Crippen LogP contribution in [0, 0.1) is 11.3 Å². The van der Waals surface area contributed by atoms with E-state index in [-0.39, 0.29) is 5.56 Å². The third-order valence-corrected chi connectivity index (χ3v) is 6.95. The molecule has 0 amide bonds. The first-order chi connectivity index (χ1) is 9.41. The SMILES string of the molecule is FC(F)(P)c1ccc(SC23CC(C4CNC4)(C2)C3)cc1. The number of hydrogen-bond donors (Lipinski definition) is 1. The molecule has 1 saturated heterocycles. The Labute approximate surface area is 124 Å². The Hall–Kier alpha value is -0.180. The van der Waals surface area contributed by atoms with E-state index in [4.69, 9.17) is 0 Å². The molecule has 3 saturated carbocycles. The van der Waals surface area contributed by atoms with Crippen LogP contribution in [0.5, 0.6) is 0 Å². The molecule has 1 aromatic rings. The van der Waals surface area contributed by atoms with Crippen molar-refractivity contribution < 1.29 is 8.78 Å². The van der Waals surface area contributed by atoms with Crippen LogP contribution in [-0.4, -0.2) is 17.8 Å². The lowest BCUT2D eigenvalue weighted by molar-refractivity contribution is -0.138. The van der Waals surface area contributed by atoms with Gasteiger partial charge in [0.1, 0.15) is 0 Å². The molecule has 0 spiro atoms. The second kappa shape index (κ2) is 4.18. The van der Waals surface area contributed by atoms with Gasteiger partial charge in [-0.2, -0.15) is 8.78 Å². The molecule has 1 unspecified atom stereocenters. The average molecular weight is 313 g/mol. The van der Waals surface area contributed by atoms with Crippen molar-refractivity contribution >= 4 is 21.0 Å². The lowest BCUT2D eigenvalue weighted by Gasteiger charge is -2.74. The quantitative estimate of drug-likeness (QED) is 0.848. The Morgan fingerprint density at radius 2 is 1.75 bits per heavy atom. The molecule has 3 aliphatic carbocycles. The van der Waals surface area contributed by atoms with Gasteiger partial charge in [-0.15, -0.1) is 11.8 Å². The zero-order valence-corrected chi connectivity index (χ0v) is 13.1. The van der Waals surface area contributed by atoms with E-state index in [1.54, 1.807) is 21.4 Å². The van der Waals surface area contributed by atoms with Gasteiger partial charge in [0, 0.05) is 15.2 Å². The van der Waals surface area contributed by atoms with Gasteiger partial charge < -0.3 is 5.32 Å². The lowest BCUT2D eigenvalue weighted by Crippen LogP contribution is -2.72. The molecule has 1 aliphatic heterocycles. The monoisotopic (exact) mass is 313 g/mol. The Morgan fingerprint density at radius 1 is 1.15 bits per heavy atom. The minimum atomic E-state index is -2.82. The van der Waals surface area contributed by atoms with E-state index in [1.165, 1.54) is 32.4 Å². The number of hydrogen-bond acceptors (Lipinski definition) is 2. The minimum absolute atomic E-state index is 0.0708. The van der Waals surface area contributed by atoms with Gasteiger partial charge in [0.05, 0.1) is 0 Å². The van der Waals surface area contributed by atoms with Crippen LogP contribution in [0.4, 0.5) is 8.78 Å². The van der Waals surface area contributed by atoms with Crippen molar-refractivity contribution in [2.45, 2.75) is 34.6 Å². The maximum Gasteiger partial charge on any atom is 0.283 e. The van der Waals surface area contributed by atoms with Crippen molar-refractivity contribution in [2.24, 2.45) is 11.3 Å². The summed E-state index contributed by atoms with van der Waals surface area (Å²) >= 11 is 1.90. The molecule has 0 radical (unpaired) electrons. The molecule has 5 heteroatoms. The molecule has 5 rings (SSSR count). The smallest absolute Gasteiger partial charge is 0.283 e. The van der Waals surface area contributed by atoms with Crippen LogP contribution in [0.2, 0.25) is 0 Å². The van der Waals surface area contributed by atoms with Crippen LogP contribution in [0.1, 0.15) is 24.8 Å². The fourth-order valence-electron chi connectivity index (χ4n) is 4.03. The highest BCUT2D eigenvalue weighted by Crippen LogP contribution is 2.77. The fraction of sp³-hybridized carbons (Fsp3) is 0.600. The summed E-state index contributed by atoms with van der Waals surface area (Å²) < 4.78 is 26.7. The van der Waals surface area contributed by atoms with E-state index in [1.807, 2.05) is 23.9 Å². The maximum absolute atomic E-state index is 13.1. The second-order valence-electron chi connectivity index (χ2n) is 6.68. The molecule has 0 aromatic heterocycles. The lowest BCUT2D eigenvalue weighted by atomic mass is 9.38. The van der Waals surface area contributed by atoms with Crippen LogP contribution in [0.3, 0.4) is 0 Å². The minimum Gasteiger partial charge on any atom is -0.316 e. The third-order valence-electron chi connectivity index (χ3n) is 5.24. The highest BCUT2D eigenvalue weighted by molar-refractivity contribution is 8.00. The maximum atomic E-state index is 13.1. The van der Waals surface area contributed by atoms with E-state index >= 15 is 0 Å². The average Bonchev–Trinajstić information content (AvgIpc) is 2.21. The Morgan fingerprint density at radius 3 is 2.20 bits per heavy atom. The number of benzene rings is 1. The molecule has 4 aliphatic rings. The third kappa shape index (κ3) is 1.95. The Balaban J connectivity index is 1.39. The van der Waals surface area contributed by atoms with Crippen molar-refractivity contribution in [3.63, 3.8) is 0 Å². The second-order valence-corrected chi connectivity index (χ2v) is 8.95. The van der Waals surface area contributed by atoms with Crippen LogP contribution in [-0.2, 0) is 5.66 Å². The van der Waals surface area contributed by atoms with Crippen molar-refractivity contribution in [1.82, 2.24) is 5.32 Å². The number of rotatable bonds is 4. The Kier molecular flexibility index (Phi) is 2.82. The first-order valence-corrected chi connectivity index (χ1v) is 8.47. The summed E-state index contributed by atoms with van der Waals surface area (Å²) in [4.78, 5) is 1.13. The van der Waals surface area contributed by atoms with Crippen molar-refractivity contribution in [3.8, 4) is 0 Å². The van der Waals surface area contributed by atoms with E-state index in [0.29, 0.717) is 10.2 Å². The van der Waals surface area contributed by atoms with Gasteiger partial charge in [-0.05, 0) is 55.8 Å².